The highest BCUT2D eigenvalue weighted by molar-refractivity contribution is 5.88. The van der Waals surface area contributed by atoms with Crippen LogP contribution in [-0.2, 0) is 6.42 Å². The van der Waals surface area contributed by atoms with Gasteiger partial charge in [-0.05, 0) is 5.92 Å². The quantitative estimate of drug-likeness (QED) is 0.786. The van der Waals surface area contributed by atoms with Gasteiger partial charge in [0.15, 0.2) is 5.69 Å². The Labute approximate surface area is 88.4 Å². The molecular formula is C10H15N3O2. The summed E-state index contributed by atoms with van der Waals surface area (Å²) in [5.74, 6) is -0.312. The standard InChI is InChI=1S/C10H15N3O2/c1-4-6-12-8(10(14)15)7(5(2)3)9(11)13-6/h5H,4H2,1-3H3,(H,14,15)(H2,11,12,13). The number of aromatic carboxylic acids is 1. The number of carbonyl (C=O) groups is 1. The highest BCUT2D eigenvalue weighted by Gasteiger charge is 2.19. The topological polar surface area (TPSA) is 89.1 Å². The first-order chi connectivity index (χ1) is 6.97. The molecule has 1 aromatic heterocycles. The first-order valence-corrected chi connectivity index (χ1v) is 4.86. The summed E-state index contributed by atoms with van der Waals surface area (Å²) in [5, 5.41) is 9.01. The lowest BCUT2D eigenvalue weighted by Crippen LogP contribution is -2.14. The van der Waals surface area contributed by atoms with Crippen LogP contribution in [0.3, 0.4) is 0 Å². The second-order valence-electron chi connectivity index (χ2n) is 3.60. The average molecular weight is 209 g/mol. The average Bonchev–Trinajstić information content (AvgIpc) is 2.15. The minimum absolute atomic E-state index is 0.00186. The lowest BCUT2D eigenvalue weighted by Gasteiger charge is -2.12. The number of nitrogen functional groups attached to an aromatic ring is 1. The minimum Gasteiger partial charge on any atom is -0.476 e. The van der Waals surface area contributed by atoms with Gasteiger partial charge in [-0.2, -0.15) is 0 Å². The van der Waals surface area contributed by atoms with E-state index in [4.69, 9.17) is 10.8 Å². The molecule has 0 aliphatic heterocycles. The molecule has 0 unspecified atom stereocenters. The Morgan fingerprint density at radius 3 is 2.47 bits per heavy atom. The first kappa shape index (κ1) is 11.4. The van der Waals surface area contributed by atoms with Crippen molar-refractivity contribution in [2.45, 2.75) is 33.1 Å². The van der Waals surface area contributed by atoms with Crippen molar-refractivity contribution in [1.82, 2.24) is 9.97 Å². The number of nitrogens with zero attached hydrogens (tertiary/aromatic N) is 2. The molecule has 0 aliphatic carbocycles. The van der Waals surface area contributed by atoms with Crippen molar-refractivity contribution < 1.29 is 9.90 Å². The molecule has 0 fully saturated rings. The van der Waals surface area contributed by atoms with Crippen molar-refractivity contribution in [3.05, 3.63) is 17.1 Å². The van der Waals surface area contributed by atoms with Gasteiger partial charge in [0.1, 0.15) is 11.6 Å². The maximum absolute atomic E-state index is 11.0. The molecule has 5 nitrogen and oxygen atoms in total. The van der Waals surface area contributed by atoms with Crippen LogP contribution in [0.4, 0.5) is 5.82 Å². The zero-order valence-electron chi connectivity index (χ0n) is 9.11. The second kappa shape index (κ2) is 4.25. The van der Waals surface area contributed by atoms with Crippen molar-refractivity contribution >= 4 is 11.8 Å². The summed E-state index contributed by atoms with van der Waals surface area (Å²) in [6.07, 6.45) is 0.572. The molecule has 0 atom stereocenters. The molecule has 0 radical (unpaired) electrons. The fourth-order valence-corrected chi connectivity index (χ4v) is 1.43. The zero-order chi connectivity index (χ0) is 11.6. The molecule has 82 valence electrons. The number of aromatic nitrogens is 2. The van der Waals surface area contributed by atoms with Gasteiger partial charge in [0.05, 0.1) is 0 Å². The van der Waals surface area contributed by atoms with E-state index < -0.39 is 5.97 Å². The van der Waals surface area contributed by atoms with Gasteiger partial charge < -0.3 is 10.8 Å². The Kier molecular flexibility index (Phi) is 3.24. The molecule has 1 heterocycles. The van der Waals surface area contributed by atoms with Gasteiger partial charge >= 0.3 is 5.97 Å². The van der Waals surface area contributed by atoms with Crippen molar-refractivity contribution in [3.8, 4) is 0 Å². The molecule has 0 bridgehead atoms. The Balaban J connectivity index is 3.42. The summed E-state index contributed by atoms with van der Waals surface area (Å²) in [4.78, 5) is 19.0. The van der Waals surface area contributed by atoms with E-state index in [1.807, 2.05) is 20.8 Å². The van der Waals surface area contributed by atoms with E-state index >= 15 is 0 Å². The van der Waals surface area contributed by atoms with Gasteiger partial charge in [0.2, 0.25) is 0 Å². The molecule has 0 spiro atoms. The highest BCUT2D eigenvalue weighted by Crippen LogP contribution is 2.23. The number of carboxylic acid groups (broad SMARTS) is 1. The van der Waals surface area contributed by atoms with E-state index in [1.165, 1.54) is 0 Å². The SMILES string of the molecule is CCc1nc(N)c(C(C)C)c(C(=O)O)n1. The van der Waals surface area contributed by atoms with E-state index in [2.05, 4.69) is 9.97 Å². The van der Waals surface area contributed by atoms with Crippen LogP contribution >= 0.6 is 0 Å². The number of carboxylic acids is 1. The monoisotopic (exact) mass is 209 g/mol. The molecular weight excluding hydrogens is 194 g/mol. The van der Waals surface area contributed by atoms with Crippen molar-refractivity contribution in [1.29, 1.82) is 0 Å². The molecule has 0 aromatic carbocycles. The summed E-state index contributed by atoms with van der Waals surface area (Å²) < 4.78 is 0. The van der Waals surface area contributed by atoms with E-state index in [0.29, 0.717) is 17.8 Å². The maximum atomic E-state index is 11.0. The number of hydrogen-bond acceptors (Lipinski definition) is 4. The van der Waals surface area contributed by atoms with Crippen LogP contribution < -0.4 is 5.73 Å². The lowest BCUT2D eigenvalue weighted by atomic mass is 10.0. The molecule has 3 N–H and O–H groups in total. The summed E-state index contributed by atoms with van der Waals surface area (Å²) in [5.41, 5.74) is 6.26. The van der Waals surface area contributed by atoms with E-state index in [1.54, 1.807) is 0 Å². The predicted octanol–water partition coefficient (Wildman–Crippen LogP) is 1.44. The first-order valence-electron chi connectivity index (χ1n) is 4.86. The highest BCUT2D eigenvalue weighted by atomic mass is 16.4. The Hall–Kier alpha value is -1.65. The van der Waals surface area contributed by atoms with Crippen molar-refractivity contribution in [3.63, 3.8) is 0 Å². The molecule has 0 amide bonds. The third-order valence-electron chi connectivity index (χ3n) is 2.12. The van der Waals surface area contributed by atoms with Crippen LogP contribution in [0.5, 0.6) is 0 Å². The van der Waals surface area contributed by atoms with E-state index in [9.17, 15) is 4.79 Å². The summed E-state index contributed by atoms with van der Waals surface area (Å²) in [6, 6.07) is 0. The van der Waals surface area contributed by atoms with Crippen LogP contribution in [0, 0.1) is 0 Å². The van der Waals surface area contributed by atoms with Crippen LogP contribution in [0.25, 0.3) is 0 Å². The van der Waals surface area contributed by atoms with Gasteiger partial charge in [-0.15, -0.1) is 0 Å². The van der Waals surface area contributed by atoms with Gasteiger partial charge in [-0.25, -0.2) is 14.8 Å². The lowest BCUT2D eigenvalue weighted by molar-refractivity contribution is 0.0688. The Morgan fingerprint density at radius 2 is 2.07 bits per heavy atom. The van der Waals surface area contributed by atoms with Crippen molar-refractivity contribution in [2.24, 2.45) is 0 Å². The van der Waals surface area contributed by atoms with Crippen LogP contribution in [0.2, 0.25) is 0 Å². The fraction of sp³-hybridized carbons (Fsp3) is 0.500. The molecule has 0 aliphatic rings. The largest absolute Gasteiger partial charge is 0.476 e. The third kappa shape index (κ3) is 2.23. The van der Waals surface area contributed by atoms with Gasteiger partial charge in [-0.3, -0.25) is 0 Å². The number of nitrogens with two attached hydrogens (primary N) is 1. The van der Waals surface area contributed by atoms with Crippen molar-refractivity contribution in [2.75, 3.05) is 5.73 Å². The Bertz CT molecular complexity index is 388. The smallest absolute Gasteiger partial charge is 0.355 e. The number of aryl methyl sites for hydroxylation is 1. The maximum Gasteiger partial charge on any atom is 0.355 e. The number of rotatable bonds is 3. The number of hydrogen-bond donors (Lipinski definition) is 2. The molecule has 0 saturated carbocycles. The minimum atomic E-state index is -1.05. The predicted molar refractivity (Wildman–Crippen MR) is 56.9 cm³/mol. The molecule has 15 heavy (non-hydrogen) atoms. The normalized spacial score (nSPS) is 10.7. The van der Waals surface area contributed by atoms with Gasteiger partial charge in [0.25, 0.3) is 0 Å². The van der Waals surface area contributed by atoms with Gasteiger partial charge in [0, 0.05) is 12.0 Å². The summed E-state index contributed by atoms with van der Waals surface area (Å²) >= 11 is 0. The van der Waals surface area contributed by atoms with Crippen LogP contribution in [0.1, 0.15) is 48.6 Å². The van der Waals surface area contributed by atoms with Crippen LogP contribution in [-0.4, -0.2) is 21.0 Å². The van der Waals surface area contributed by atoms with Gasteiger partial charge in [-0.1, -0.05) is 20.8 Å². The molecule has 1 rings (SSSR count). The third-order valence-corrected chi connectivity index (χ3v) is 2.12. The summed E-state index contributed by atoms with van der Waals surface area (Å²) in [7, 11) is 0. The van der Waals surface area contributed by atoms with Crippen LogP contribution in [0.15, 0.2) is 0 Å². The fourth-order valence-electron chi connectivity index (χ4n) is 1.43. The molecule has 5 heteroatoms. The zero-order valence-corrected chi connectivity index (χ0v) is 9.11. The van der Waals surface area contributed by atoms with E-state index in [0.717, 1.165) is 0 Å². The second-order valence-corrected chi connectivity index (χ2v) is 3.60. The Morgan fingerprint density at radius 1 is 1.47 bits per heavy atom. The number of anilines is 1. The molecule has 1 aromatic rings. The molecule has 0 saturated heterocycles. The summed E-state index contributed by atoms with van der Waals surface area (Å²) in [6.45, 7) is 5.59. The van der Waals surface area contributed by atoms with E-state index in [-0.39, 0.29) is 17.4 Å².